The van der Waals surface area contributed by atoms with Crippen molar-refractivity contribution >= 4 is 42.7 Å². The average molecular weight is 360 g/mol. The number of hydrogen-bond donors (Lipinski definition) is 0. The maximum Gasteiger partial charge on any atom is 0.0861 e. The van der Waals surface area contributed by atoms with E-state index in [4.69, 9.17) is 0 Å². The van der Waals surface area contributed by atoms with Crippen LogP contribution in [0, 0.1) is 0 Å². The Labute approximate surface area is 114 Å². The summed E-state index contributed by atoms with van der Waals surface area (Å²) in [6, 6.07) is 15.1. The van der Waals surface area contributed by atoms with Gasteiger partial charge in [-0.1, -0.05) is 34.1 Å². The maximum absolute atomic E-state index is 12.3. The summed E-state index contributed by atoms with van der Waals surface area (Å²) in [5.41, 5.74) is 0. The van der Waals surface area contributed by atoms with E-state index < -0.39 is 10.8 Å². The Hall–Kier alpha value is -0.450. The van der Waals surface area contributed by atoms with Crippen LogP contribution in [0.5, 0.6) is 0 Å². The van der Waals surface area contributed by atoms with Gasteiger partial charge in [0.2, 0.25) is 0 Å². The van der Waals surface area contributed by atoms with Gasteiger partial charge in [0.1, 0.15) is 0 Å². The van der Waals surface area contributed by atoms with Gasteiger partial charge in [0, 0.05) is 13.8 Å². The van der Waals surface area contributed by atoms with Gasteiger partial charge in [0.25, 0.3) is 0 Å². The van der Waals surface area contributed by atoms with Gasteiger partial charge in [-0.2, -0.15) is 0 Å². The van der Waals surface area contributed by atoms with Gasteiger partial charge in [0.15, 0.2) is 0 Å². The smallest absolute Gasteiger partial charge is 0.0861 e. The van der Waals surface area contributed by atoms with Crippen LogP contribution in [0.3, 0.4) is 0 Å². The molecule has 0 saturated carbocycles. The molecule has 0 saturated heterocycles. The molecular weight excluding hydrogens is 352 g/mol. The molecule has 1 atom stereocenters. The van der Waals surface area contributed by atoms with E-state index >= 15 is 0 Å². The molecule has 0 N–H and O–H groups in total. The summed E-state index contributed by atoms with van der Waals surface area (Å²) in [5, 5.41) is 0. The number of benzene rings is 2. The van der Waals surface area contributed by atoms with Gasteiger partial charge in [-0.15, -0.1) is 0 Å². The molecule has 16 heavy (non-hydrogen) atoms. The van der Waals surface area contributed by atoms with E-state index in [-0.39, 0.29) is 0 Å². The Bertz CT molecular complexity index is 540. The molecule has 0 aliphatic rings. The topological polar surface area (TPSA) is 17.1 Å². The largest absolute Gasteiger partial charge is 0.249 e. The summed E-state index contributed by atoms with van der Waals surface area (Å²) < 4.78 is 14.1. The van der Waals surface area contributed by atoms with Crippen molar-refractivity contribution in [2.24, 2.45) is 0 Å². The van der Waals surface area contributed by atoms with Gasteiger partial charge in [-0.25, -0.2) is 4.21 Å². The van der Waals surface area contributed by atoms with E-state index in [0.717, 1.165) is 18.7 Å². The molecule has 0 aliphatic carbocycles. The van der Waals surface area contributed by atoms with Gasteiger partial charge >= 0.3 is 0 Å². The summed E-state index contributed by atoms with van der Waals surface area (Å²) in [5.74, 6) is 0. The minimum absolute atomic E-state index is 0.792. The summed E-state index contributed by atoms with van der Waals surface area (Å²) >= 11 is 6.78. The van der Waals surface area contributed by atoms with Crippen LogP contribution in [0.4, 0.5) is 0 Å². The van der Waals surface area contributed by atoms with Crippen LogP contribution < -0.4 is 0 Å². The first kappa shape index (κ1) is 12.0. The highest BCUT2D eigenvalue weighted by Gasteiger charge is 2.10. The molecule has 0 aromatic heterocycles. The predicted molar refractivity (Wildman–Crippen MR) is 73.0 cm³/mol. The highest BCUT2D eigenvalue weighted by molar-refractivity contribution is 9.10. The lowest BCUT2D eigenvalue weighted by Crippen LogP contribution is -1.93. The molecule has 0 fully saturated rings. The van der Waals surface area contributed by atoms with Crippen molar-refractivity contribution in [2.45, 2.75) is 9.79 Å². The molecule has 0 amide bonds. The van der Waals surface area contributed by atoms with Crippen molar-refractivity contribution in [1.82, 2.24) is 0 Å². The highest BCUT2D eigenvalue weighted by Crippen LogP contribution is 2.25. The average Bonchev–Trinajstić information content (AvgIpc) is 2.29. The van der Waals surface area contributed by atoms with Crippen LogP contribution in [0.2, 0.25) is 0 Å². The fraction of sp³-hybridized carbons (Fsp3) is 0. The van der Waals surface area contributed by atoms with Crippen LogP contribution in [0.25, 0.3) is 0 Å². The Balaban J connectivity index is 2.44. The Morgan fingerprint density at radius 2 is 1.69 bits per heavy atom. The second-order valence-corrected chi connectivity index (χ2v) is 6.38. The van der Waals surface area contributed by atoms with E-state index in [0.29, 0.717) is 0 Å². The zero-order valence-corrected chi connectivity index (χ0v) is 12.2. The fourth-order valence-electron chi connectivity index (χ4n) is 1.30. The zero-order valence-electron chi connectivity index (χ0n) is 8.19. The first-order valence-corrected chi connectivity index (χ1v) is 7.34. The molecule has 82 valence electrons. The Kier molecular flexibility index (Phi) is 3.95. The van der Waals surface area contributed by atoms with Crippen LogP contribution in [0.1, 0.15) is 0 Å². The molecule has 2 aromatic carbocycles. The van der Waals surface area contributed by atoms with E-state index in [1.165, 1.54) is 0 Å². The third kappa shape index (κ3) is 2.62. The third-order valence-electron chi connectivity index (χ3n) is 2.05. The van der Waals surface area contributed by atoms with E-state index in [1.54, 1.807) is 0 Å². The summed E-state index contributed by atoms with van der Waals surface area (Å²) in [4.78, 5) is 1.59. The van der Waals surface area contributed by atoms with Crippen molar-refractivity contribution in [2.75, 3.05) is 0 Å². The van der Waals surface area contributed by atoms with Gasteiger partial charge in [-0.3, -0.25) is 0 Å². The molecule has 1 unspecified atom stereocenters. The van der Waals surface area contributed by atoms with Crippen molar-refractivity contribution in [3.8, 4) is 0 Å². The molecule has 0 spiro atoms. The second-order valence-electron chi connectivity index (χ2n) is 3.16. The molecule has 0 heterocycles. The number of rotatable bonds is 2. The SMILES string of the molecule is O=S(c1cccc(Br)c1)c1ccccc1Br. The van der Waals surface area contributed by atoms with E-state index in [1.807, 2.05) is 48.5 Å². The van der Waals surface area contributed by atoms with Crippen LogP contribution >= 0.6 is 31.9 Å². The Morgan fingerprint density at radius 1 is 0.938 bits per heavy atom. The van der Waals surface area contributed by atoms with Crippen LogP contribution in [-0.4, -0.2) is 4.21 Å². The highest BCUT2D eigenvalue weighted by atomic mass is 79.9. The Morgan fingerprint density at radius 3 is 2.38 bits per heavy atom. The lowest BCUT2D eigenvalue weighted by molar-refractivity contribution is 0.683. The second kappa shape index (κ2) is 5.25. The number of hydrogen-bond acceptors (Lipinski definition) is 1. The van der Waals surface area contributed by atoms with Gasteiger partial charge in [0.05, 0.1) is 15.7 Å². The molecule has 0 radical (unpaired) electrons. The minimum atomic E-state index is -1.15. The zero-order chi connectivity index (χ0) is 11.5. The van der Waals surface area contributed by atoms with E-state index in [9.17, 15) is 4.21 Å². The first-order valence-electron chi connectivity index (χ1n) is 4.60. The van der Waals surface area contributed by atoms with Gasteiger partial charge < -0.3 is 0 Å². The molecular formula is C12H8Br2OS. The van der Waals surface area contributed by atoms with Crippen molar-refractivity contribution in [3.63, 3.8) is 0 Å². The predicted octanol–water partition coefficient (Wildman–Crippen LogP) is 4.38. The summed E-state index contributed by atoms with van der Waals surface area (Å²) in [6.45, 7) is 0. The summed E-state index contributed by atoms with van der Waals surface area (Å²) in [6.07, 6.45) is 0. The lowest BCUT2D eigenvalue weighted by atomic mass is 10.4. The lowest BCUT2D eigenvalue weighted by Gasteiger charge is -2.04. The molecule has 1 nitrogen and oxygen atoms in total. The third-order valence-corrected chi connectivity index (χ3v) is 4.93. The fourth-order valence-corrected chi connectivity index (χ4v) is 3.72. The minimum Gasteiger partial charge on any atom is -0.249 e. The van der Waals surface area contributed by atoms with Crippen molar-refractivity contribution < 1.29 is 4.21 Å². The molecule has 0 bridgehead atoms. The quantitative estimate of drug-likeness (QED) is 0.777. The maximum atomic E-state index is 12.3. The standard InChI is InChI=1S/C12H8Br2OS/c13-9-4-3-5-10(8-9)16(15)12-7-2-1-6-11(12)14/h1-8H. The van der Waals surface area contributed by atoms with Crippen molar-refractivity contribution in [1.29, 1.82) is 0 Å². The molecule has 0 aliphatic heterocycles. The molecule has 4 heteroatoms. The normalized spacial score (nSPS) is 12.4. The van der Waals surface area contributed by atoms with Crippen LogP contribution in [-0.2, 0) is 10.8 Å². The first-order chi connectivity index (χ1) is 7.68. The monoisotopic (exact) mass is 358 g/mol. The summed E-state index contributed by atoms with van der Waals surface area (Å²) in [7, 11) is -1.15. The van der Waals surface area contributed by atoms with Crippen LogP contribution in [0.15, 0.2) is 67.3 Å². The van der Waals surface area contributed by atoms with E-state index in [2.05, 4.69) is 31.9 Å². The number of halogens is 2. The molecule has 2 aromatic rings. The molecule has 2 rings (SSSR count). The van der Waals surface area contributed by atoms with Gasteiger partial charge in [-0.05, 0) is 46.3 Å². The van der Waals surface area contributed by atoms with Crippen molar-refractivity contribution in [3.05, 3.63) is 57.5 Å².